The van der Waals surface area contributed by atoms with E-state index in [1.54, 1.807) is 4.90 Å². The number of ether oxygens (including phenoxy) is 1. The highest BCUT2D eigenvalue weighted by molar-refractivity contribution is 9.18. The highest BCUT2D eigenvalue weighted by Crippen LogP contribution is 2.18. The molecule has 0 aliphatic carbocycles. The van der Waals surface area contributed by atoms with E-state index in [0.29, 0.717) is 0 Å². The molecule has 0 bridgehead atoms. The second kappa shape index (κ2) is 9.42. The second-order valence-electron chi connectivity index (χ2n) is 6.54. The van der Waals surface area contributed by atoms with Crippen molar-refractivity contribution in [3.63, 3.8) is 0 Å². The molecule has 0 aromatic carbocycles. The number of carbonyl (C=O) groups excluding carboxylic acids is 1. The molecule has 0 spiro atoms. The van der Waals surface area contributed by atoms with Gasteiger partial charge in [0.05, 0.1) is 4.62 Å². The minimum atomic E-state index is -0.424. The van der Waals surface area contributed by atoms with Gasteiger partial charge in [0.2, 0.25) is 0 Å². The molecule has 2 aliphatic rings. The first kappa shape index (κ1) is 20.2. The van der Waals surface area contributed by atoms with Crippen molar-refractivity contribution in [2.24, 2.45) is 4.99 Å². The molecule has 0 radical (unpaired) electrons. The van der Waals surface area contributed by atoms with Crippen LogP contribution in [-0.4, -0.2) is 58.8 Å². The van der Waals surface area contributed by atoms with Gasteiger partial charge in [0, 0.05) is 45.3 Å². The maximum atomic E-state index is 12.0. The zero-order chi connectivity index (χ0) is 17.5. The summed E-state index contributed by atoms with van der Waals surface area (Å²) in [5, 5.41) is 0. The standard InChI is InChI=1S/C15H24BrN3O2.C2H6/c1-15(2,3)21-14(20)19-8-6-18(7-9-19)11-12-4-5-13(16)17-10-12;1-2/h10H,4-9,11H2,1-3H3;1-2H3. The third-order valence-corrected chi connectivity index (χ3v) is 4.09. The van der Waals surface area contributed by atoms with Crippen LogP contribution in [0.1, 0.15) is 47.5 Å². The molecule has 0 atom stereocenters. The Balaban J connectivity index is 0.00000127. The van der Waals surface area contributed by atoms with Crippen molar-refractivity contribution in [1.82, 2.24) is 9.80 Å². The van der Waals surface area contributed by atoms with Crippen LogP contribution in [0.3, 0.4) is 0 Å². The number of piperazine rings is 1. The summed E-state index contributed by atoms with van der Waals surface area (Å²) in [7, 11) is 0. The Morgan fingerprint density at radius 1 is 1.22 bits per heavy atom. The summed E-state index contributed by atoms with van der Waals surface area (Å²) in [6.07, 6.45) is 3.82. The number of halogens is 1. The van der Waals surface area contributed by atoms with Crippen molar-refractivity contribution in [3.8, 4) is 0 Å². The summed E-state index contributed by atoms with van der Waals surface area (Å²) in [5.41, 5.74) is 0.941. The first-order chi connectivity index (χ1) is 10.8. The summed E-state index contributed by atoms with van der Waals surface area (Å²) < 4.78 is 6.44. The maximum absolute atomic E-state index is 12.0. The van der Waals surface area contributed by atoms with Crippen LogP contribution in [0.4, 0.5) is 4.79 Å². The Morgan fingerprint density at radius 3 is 2.30 bits per heavy atom. The van der Waals surface area contributed by atoms with Crippen LogP contribution in [0.25, 0.3) is 0 Å². The molecule has 0 unspecified atom stereocenters. The smallest absolute Gasteiger partial charge is 0.410 e. The average Bonchev–Trinajstić information content (AvgIpc) is 2.51. The Labute approximate surface area is 148 Å². The molecule has 0 saturated carbocycles. The lowest BCUT2D eigenvalue weighted by Crippen LogP contribution is -2.50. The summed E-state index contributed by atoms with van der Waals surface area (Å²) in [5.74, 6) is 0. The number of hydrogen-bond donors (Lipinski definition) is 0. The van der Waals surface area contributed by atoms with Crippen LogP contribution in [0.2, 0.25) is 0 Å². The zero-order valence-corrected chi connectivity index (χ0v) is 16.6. The van der Waals surface area contributed by atoms with E-state index in [0.717, 1.165) is 50.2 Å². The number of rotatable bonds is 2. The zero-order valence-electron chi connectivity index (χ0n) is 15.1. The summed E-state index contributed by atoms with van der Waals surface area (Å²) in [6, 6.07) is 0. The van der Waals surface area contributed by atoms with Crippen LogP contribution in [0.15, 0.2) is 16.8 Å². The number of nitrogens with zero attached hydrogens (tertiary/aromatic N) is 3. The fourth-order valence-electron chi connectivity index (χ4n) is 2.38. The van der Waals surface area contributed by atoms with Crippen molar-refractivity contribution in [2.45, 2.75) is 53.1 Å². The molecule has 1 fully saturated rings. The molecule has 2 aliphatic heterocycles. The normalized spacial score (nSPS) is 19.3. The first-order valence-electron chi connectivity index (χ1n) is 8.44. The molecule has 1 amide bonds. The molecular formula is C17H30BrN3O2. The fourth-order valence-corrected chi connectivity index (χ4v) is 2.68. The third-order valence-electron chi connectivity index (χ3n) is 3.49. The lowest BCUT2D eigenvalue weighted by Gasteiger charge is -2.36. The lowest BCUT2D eigenvalue weighted by molar-refractivity contribution is 0.0152. The van der Waals surface area contributed by atoms with Crippen molar-refractivity contribution in [3.05, 3.63) is 11.8 Å². The van der Waals surface area contributed by atoms with Gasteiger partial charge >= 0.3 is 6.09 Å². The molecule has 0 N–H and O–H groups in total. The van der Waals surface area contributed by atoms with Gasteiger partial charge in [0.25, 0.3) is 0 Å². The molecular weight excluding hydrogens is 358 g/mol. The molecule has 2 rings (SSSR count). The van der Waals surface area contributed by atoms with E-state index < -0.39 is 5.60 Å². The molecule has 1 saturated heterocycles. The van der Waals surface area contributed by atoms with Crippen LogP contribution in [0.5, 0.6) is 0 Å². The van der Waals surface area contributed by atoms with Crippen LogP contribution < -0.4 is 0 Å². The molecule has 5 nitrogen and oxygen atoms in total. The van der Waals surface area contributed by atoms with Gasteiger partial charge in [0.15, 0.2) is 0 Å². The van der Waals surface area contributed by atoms with Gasteiger partial charge in [-0.15, -0.1) is 0 Å². The summed E-state index contributed by atoms with van der Waals surface area (Å²) in [6.45, 7) is 13.9. The molecule has 132 valence electrons. The largest absolute Gasteiger partial charge is 0.444 e. The van der Waals surface area contributed by atoms with Crippen LogP contribution >= 0.6 is 15.9 Å². The van der Waals surface area contributed by atoms with Gasteiger partial charge in [-0.05, 0) is 48.7 Å². The first-order valence-corrected chi connectivity index (χ1v) is 9.23. The molecule has 23 heavy (non-hydrogen) atoms. The summed E-state index contributed by atoms with van der Waals surface area (Å²) >= 11 is 3.42. The predicted molar refractivity (Wildman–Crippen MR) is 99.3 cm³/mol. The second-order valence-corrected chi connectivity index (χ2v) is 7.45. The average molecular weight is 388 g/mol. The van der Waals surface area contributed by atoms with Crippen molar-refractivity contribution in [1.29, 1.82) is 0 Å². The Kier molecular flexibility index (Phi) is 8.26. The van der Waals surface area contributed by atoms with Gasteiger partial charge in [-0.3, -0.25) is 9.89 Å². The minimum absolute atomic E-state index is 0.201. The van der Waals surface area contributed by atoms with E-state index >= 15 is 0 Å². The van der Waals surface area contributed by atoms with E-state index in [9.17, 15) is 4.79 Å². The quantitative estimate of drug-likeness (QED) is 0.717. The number of hydrogen-bond acceptors (Lipinski definition) is 4. The number of amides is 1. The molecule has 0 aromatic heterocycles. The van der Waals surface area contributed by atoms with Crippen LogP contribution in [0, 0.1) is 0 Å². The monoisotopic (exact) mass is 387 g/mol. The molecule has 6 heteroatoms. The topological polar surface area (TPSA) is 45.1 Å². The molecule has 2 heterocycles. The highest BCUT2D eigenvalue weighted by Gasteiger charge is 2.26. The van der Waals surface area contributed by atoms with Gasteiger partial charge in [-0.1, -0.05) is 13.8 Å². The SMILES string of the molecule is CC.CC(C)(C)OC(=O)N1CCN(CC2=CN=C(Br)CC2)CC1. The predicted octanol–water partition coefficient (Wildman–Crippen LogP) is 4.04. The number of carbonyl (C=O) groups is 1. The van der Waals surface area contributed by atoms with E-state index in [-0.39, 0.29) is 6.09 Å². The van der Waals surface area contributed by atoms with Crippen molar-refractivity contribution >= 4 is 26.6 Å². The Bertz CT molecular complexity index is 447. The van der Waals surface area contributed by atoms with Crippen molar-refractivity contribution < 1.29 is 9.53 Å². The third kappa shape index (κ3) is 7.48. The Morgan fingerprint density at radius 2 is 1.83 bits per heavy atom. The molecule has 0 aromatic rings. The maximum Gasteiger partial charge on any atom is 0.410 e. The van der Waals surface area contributed by atoms with Crippen LogP contribution in [-0.2, 0) is 4.74 Å². The van der Waals surface area contributed by atoms with E-state index in [4.69, 9.17) is 4.74 Å². The van der Waals surface area contributed by atoms with E-state index in [2.05, 4.69) is 25.8 Å². The van der Waals surface area contributed by atoms with Crippen molar-refractivity contribution in [2.75, 3.05) is 32.7 Å². The number of aliphatic imine (C=N–C) groups is 1. The summed E-state index contributed by atoms with van der Waals surface area (Å²) in [4.78, 5) is 20.5. The fraction of sp³-hybridized carbons (Fsp3) is 0.765. The van der Waals surface area contributed by atoms with E-state index in [1.165, 1.54) is 5.57 Å². The lowest BCUT2D eigenvalue weighted by atomic mass is 10.1. The van der Waals surface area contributed by atoms with Gasteiger partial charge in [-0.2, -0.15) is 0 Å². The minimum Gasteiger partial charge on any atom is -0.444 e. The van der Waals surface area contributed by atoms with Gasteiger partial charge in [0.1, 0.15) is 5.60 Å². The van der Waals surface area contributed by atoms with E-state index in [1.807, 2.05) is 40.8 Å². The highest BCUT2D eigenvalue weighted by atomic mass is 79.9. The van der Waals surface area contributed by atoms with Gasteiger partial charge in [-0.25, -0.2) is 4.79 Å². The van der Waals surface area contributed by atoms with Gasteiger partial charge < -0.3 is 9.64 Å². The Hall–Kier alpha value is -0.880.